The van der Waals surface area contributed by atoms with Crippen molar-refractivity contribution in [2.24, 2.45) is 0 Å². The number of rotatable bonds is 8. The van der Waals surface area contributed by atoms with E-state index in [-0.39, 0.29) is 0 Å². The maximum Gasteiger partial charge on any atom is 0.227 e. The van der Waals surface area contributed by atoms with Crippen LogP contribution in [0.2, 0.25) is 0 Å². The van der Waals surface area contributed by atoms with Crippen LogP contribution in [0.1, 0.15) is 22.3 Å². The summed E-state index contributed by atoms with van der Waals surface area (Å²) >= 11 is 0. The Morgan fingerprint density at radius 1 is 0.297 bits per heavy atom. The van der Waals surface area contributed by atoms with Crippen LogP contribution in [-0.2, 0) is 5.41 Å². The molecule has 0 saturated carbocycles. The molecule has 2 aromatic heterocycles. The summed E-state index contributed by atoms with van der Waals surface area (Å²) in [6, 6.07) is 80.6. The minimum Gasteiger partial charge on any atom is -0.436 e. The van der Waals surface area contributed by atoms with Gasteiger partial charge in [-0.25, -0.2) is 19.9 Å². The first kappa shape index (κ1) is 37.2. The topological polar surface area (TPSA) is 64.7 Å². The zero-order valence-electron chi connectivity index (χ0n) is 34.6. The van der Waals surface area contributed by atoms with Gasteiger partial charge in [-0.15, -0.1) is 0 Å². The van der Waals surface area contributed by atoms with Gasteiger partial charge in [0, 0.05) is 22.3 Å². The summed E-state index contributed by atoms with van der Waals surface area (Å²) in [7, 11) is 0. The molecule has 12 rings (SSSR count). The number of oxazole rings is 1. The lowest BCUT2D eigenvalue weighted by Crippen LogP contribution is -2.28. The molecule has 0 fully saturated rings. The highest BCUT2D eigenvalue weighted by Crippen LogP contribution is 2.56. The molecule has 5 nitrogen and oxygen atoms in total. The average molecular weight is 819 g/mol. The molecule has 2 heterocycles. The van der Waals surface area contributed by atoms with Crippen LogP contribution in [0.4, 0.5) is 0 Å². The van der Waals surface area contributed by atoms with E-state index in [4.69, 9.17) is 24.4 Å². The van der Waals surface area contributed by atoms with Crippen molar-refractivity contribution in [1.29, 1.82) is 0 Å². The van der Waals surface area contributed by atoms with Crippen LogP contribution < -0.4 is 0 Å². The predicted octanol–water partition coefficient (Wildman–Crippen LogP) is 14.4. The van der Waals surface area contributed by atoms with Gasteiger partial charge >= 0.3 is 0 Å². The molecule has 0 amide bonds. The van der Waals surface area contributed by atoms with E-state index in [1.165, 1.54) is 22.3 Å². The lowest BCUT2D eigenvalue weighted by Gasteiger charge is -2.33. The van der Waals surface area contributed by atoms with Gasteiger partial charge in [-0.1, -0.05) is 194 Å². The highest BCUT2D eigenvalue weighted by Gasteiger charge is 2.46. The summed E-state index contributed by atoms with van der Waals surface area (Å²) in [6.07, 6.45) is 0. The third-order valence-corrected chi connectivity index (χ3v) is 12.5. The Kier molecular flexibility index (Phi) is 8.97. The second-order valence-corrected chi connectivity index (χ2v) is 16.2. The maximum absolute atomic E-state index is 6.51. The molecule has 0 saturated heterocycles. The van der Waals surface area contributed by atoms with Crippen molar-refractivity contribution in [3.05, 3.63) is 253 Å². The summed E-state index contributed by atoms with van der Waals surface area (Å²) in [5.74, 6) is 2.42. The molecular formula is C59H38N4O. The van der Waals surface area contributed by atoms with Gasteiger partial charge in [-0.05, 0) is 92.0 Å². The second-order valence-electron chi connectivity index (χ2n) is 16.2. The van der Waals surface area contributed by atoms with Gasteiger partial charge in [-0.3, -0.25) is 0 Å². The van der Waals surface area contributed by atoms with E-state index in [9.17, 15) is 0 Å². The fraction of sp³-hybridized carbons (Fsp3) is 0.0169. The predicted molar refractivity (Wildman–Crippen MR) is 257 cm³/mol. The number of hydrogen-bond donors (Lipinski definition) is 0. The first-order valence-electron chi connectivity index (χ1n) is 21.5. The average Bonchev–Trinajstić information content (AvgIpc) is 3.95. The van der Waals surface area contributed by atoms with Crippen molar-refractivity contribution >= 4 is 11.1 Å². The Labute approximate surface area is 371 Å². The van der Waals surface area contributed by atoms with E-state index in [1.54, 1.807) is 0 Å². The Hall–Kier alpha value is -8.54. The molecule has 11 aromatic rings. The molecule has 1 aliphatic carbocycles. The summed E-state index contributed by atoms with van der Waals surface area (Å²) in [5.41, 5.74) is 16.1. The molecular weight excluding hydrogens is 781 g/mol. The Balaban J connectivity index is 1.02. The van der Waals surface area contributed by atoms with Crippen LogP contribution in [0.15, 0.2) is 235 Å². The van der Waals surface area contributed by atoms with E-state index < -0.39 is 5.41 Å². The molecule has 0 spiro atoms. The second kappa shape index (κ2) is 15.4. The molecule has 1 aliphatic rings. The van der Waals surface area contributed by atoms with Gasteiger partial charge in [0.1, 0.15) is 5.52 Å². The molecule has 5 heteroatoms. The molecule has 0 atom stereocenters. The highest BCUT2D eigenvalue weighted by atomic mass is 16.3. The molecule has 0 bridgehead atoms. The van der Waals surface area contributed by atoms with Gasteiger partial charge in [0.15, 0.2) is 23.1 Å². The SMILES string of the molecule is c1ccc(-c2cccc(-c3nc(-c4ccc(C5(c6ccc7nc(-c8ccccc8)oc7c6)c6ccccc6-c6ccccc65)cc4)nc(-c4cccc(-c5ccccc5)c4)n3)c2)cc1. The minimum absolute atomic E-state index is 0.597. The summed E-state index contributed by atoms with van der Waals surface area (Å²) in [5, 5.41) is 0. The third kappa shape index (κ3) is 6.33. The van der Waals surface area contributed by atoms with Gasteiger partial charge in [0.2, 0.25) is 5.89 Å². The highest BCUT2D eigenvalue weighted by molar-refractivity contribution is 5.88. The first-order valence-corrected chi connectivity index (χ1v) is 21.5. The van der Waals surface area contributed by atoms with Crippen molar-refractivity contribution in [2.45, 2.75) is 5.41 Å². The van der Waals surface area contributed by atoms with Gasteiger partial charge in [0.25, 0.3) is 0 Å². The van der Waals surface area contributed by atoms with E-state index in [0.29, 0.717) is 23.4 Å². The van der Waals surface area contributed by atoms with Gasteiger partial charge < -0.3 is 4.42 Å². The Morgan fingerprint density at radius 2 is 0.734 bits per heavy atom. The summed E-state index contributed by atoms with van der Waals surface area (Å²) < 4.78 is 6.51. The smallest absolute Gasteiger partial charge is 0.227 e. The fourth-order valence-electron chi connectivity index (χ4n) is 9.46. The third-order valence-electron chi connectivity index (χ3n) is 12.5. The largest absolute Gasteiger partial charge is 0.436 e. The summed E-state index contributed by atoms with van der Waals surface area (Å²) in [6.45, 7) is 0. The monoisotopic (exact) mass is 818 g/mol. The summed E-state index contributed by atoms with van der Waals surface area (Å²) in [4.78, 5) is 20.5. The van der Waals surface area contributed by atoms with Crippen molar-refractivity contribution in [3.63, 3.8) is 0 Å². The van der Waals surface area contributed by atoms with Crippen LogP contribution in [0.3, 0.4) is 0 Å². The van der Waals surface area contributed by atoms with E-state index in [1.807, 2.05) is 42.5 Å². The lowest BCUT2D eigenvalue weighted by atomic mass is 9.67. The van der Waals surface area contributed by atoms with Gasteiger partial charge in [-0.2, -0.15) is 0 Å². The quantitative estimate of drug-likeness (QED) is 0.153. The van der Waals surface area contributed by atoms with E-state index >= 15 is 0 Å². The molecule has 0 N–H and O–H groups in total. The van der Waals surface area contributed by atoms with Crippen LogP contribution in [0, 0.1) is 0 Å². The van der Waals surface area contributed by atoms with E-state index in [2.05, 4.69) is 188 Å². The number of hydrogen-bond acceptors (Lipinski definition) is 5. The molecule has 300 valence electrons. The fourth-order valence-corrected chi connectivity index (χ4v) is 9.46. The van der Waals surface area contributed by atoms with Crippen LogP contribution >= 0.6 is 0 Å². The zero-order valence-corrected chi connectivity index (χ0v) is 34.6. The van der Waals surface area contributed by atoms with E-state index in [0.717, 1.165) is 66.7 Å². The number of fused-ring (bicyclic) bond motifs is 4. The van der Waals surface area contributed by atoms with Crippen LogP contribution in [0.5, 0.6) is 0 Å². The van der Waals surface area contributed by atoms with Gasteiger partial charge in [0.05, 0.1) is 5.41 Å². The normalized spacial score (nSPS) is 12.5. The molecule has 9 aromatic carbocycles. The molecule has 0 radical (unpaired) electrons. The first-order chi connectivity index (χ1) is 31.7. The standard InChI is InChI=1S/C59H38N4O/c1-4-16-39(17-5-1)43-22-14-24-45(36-43)56-61-55(62-57(63-56)46-25-15-23-44(37-46)40-18-6-2-7-19-40)41-30-32-47(33-31-41)59(51-28-12-10-26-49(51)50-27-11-13-29-52(50)59)48-34-35-53-54(38-48)64-58(60-53)42-20-8-3-9-21-42/h1-38H. The van der Waals surface area contributed by atoms with Crippen molar-refractivity contribution < 1.29 is 4.42 Å². The van der Waals surface area contributed by atoms with Crippen molar-refractivity contribution in [1.82, 2.24) is 19.9 Å². The molecule has 0 unspecified atom stereocenters. The Bertz CT molecular complexity index is 3340. The maximum atomic E-state index is 6.51. The Morgan fingerprint density at radius 3 is 1.28 bits per heavy atom. The van der Waals surface area contributed by atoms with Crippen molar-refractivity contribution in [2.75, 3.05) is 0 Å². The number of nitrogens with zero attached hydrogens (tertiary/aromatic N) is 4. The van der Waals surface area contributed by atoms with Crippen molar-refractivity contribution in [3.8, 4) is 79.0 Å². The zero-order chi connectivity index (χ0) is 42.5. The number of aromatic nitrogens is 4. The minimum atomic E-state index is -0.648. The number of benzene rings is 9. The van der Waals surface area contributed by atoms with Crippen LogP contribution in [0.25, 0.3) is 90.1 Å². The molecule has 64 heavy (non-hydrogen) atoms. The van der Waals surface area contributed by atoms with Crippen LogP contribution in [-0.4, -0.2) is 19.9 Å². The lowest BCUT2D eigenvalue weighted by molar-refractivity contribution is 0.618. The molecule has 0 aliphatic heterocycles.